The van der Waals surface area contributed by atoms with Crippen LogP contribution in [-0.2, 0) is 9.59 Å². The molecule has 7 nitrogen and oxygen atoms in total. The summed E-state index contributed by atoms with van der Waals surface area (Å²) in [5, 5.41) is 13.7. The van der Waals surface area contributed by atoms with E-state index >= 15 is 0 Å². The van der Waals surface area contributed by atoms with Gasteiger partial charge in [-0.15, -0.1) is 0 Å². The van der Waals surface area contributed by atoms with Crippen molar-refractivity contribution < 1.29 is 14.4 Å². The van der Waals surface area contributed by atoms with Crippen LogP contribution in [0.25, 0.3) is 0 Å². The maximum absolute atomic E-state index is 12.6. The molecule has 7 heteroatoms. The van der Waals surface area contributed by atoms with Crippen LogP contribution in [-0.4, -0.2) is 41.4 Å². The van der Waals surface area contributed by atoms with Gasteiger partial charge in [-0.2, -0.15) is 5.26 Å². The number of carbonyl (C=O) groups is 3. The first-order valence-electron chi connectivity index (χ1n) is 7.29. The fraction of sp³-hybridized carbons (Fsp3) is 0.714. The average molecular weight is 292 g/mol. The molecule has 2 rings (SSSR count). The van der Waals surface area contributed by atoms with E-state index in [9.17, 15) is 14.4 Å². The molecule has 0 unspecified atom stereocenters. The van der Waals surface area contributed by atoms with E-state index in [4.69, 9.17) is 5.26 Å². The van der Waals surface area contributed by atoms with Crippen LogP contribution in [0.15, 0.2) is 0 Å². The lowest BCUT2D eigenvalue weighted by atomic mass is 9.73. The van der Waals surface area contributed by atoms with Gasteiger partial charge in [0.1, 0.15) is 12.1 Å². The normalized spacial score (nSPS) is 28.4. The highest BCUT2D eigenvalue weighted by Crippen LogP contribution is 2.37. The lowest BCUT2D eigenvalue weighted by molar-refractivity contribution is -0.137. The van der Waals surface area contributed by atoms with Crippen LogP contribution < -0.4 is 10.6 Å². The van der Waals surface area contributed by atoms with Crippen molar-refractivity contribution in [1.29, 1.82) is 5.26 Å². The Morgan fingerprint density at radius 3 is 2.95 bits per heavy atom. The number of hydrogen-bond donors (Lipinski definition) is 2. The molecule has 0 bridgehead atoms. The third-order valence-corrected chi connectivity index (χ3v) is 4.36. The maximum atomic E-state index is 12.6. The van der Waals surface area contributed by atoms with Crippen LogP contribution >= 0.6 is 0 Å². The van der Waals surface area contributed by atoms with Gasteiger partial charge in [-0.3, -0.25) is 14.5 Å². The van der Waals surface area contributed by atoms with Crippen molar-refractivity contribution in [3.05, 3.63) is 0 Å². The summed E-state index contributed by atoms with van der Waals surface area (Å²) in [6.45, 7) is 1.90. The van der Waals surface area contributed by atoms with Crippen molar-refractivity contribution in [2.24, 2.45) is 5.92 Å². The lowest BCUT2D eigenvalue weighted by Gasteiger charge is -2.36. The first-order valence-corrected chi connectivity index (χ1v) is 7.29. The van der Waals surface area contributed by atoms with Gasteiger partial charge in [0.05, 0.1) is 12.5 Å². The number of carbonyl (C=O) groups excluding carboxylic acids is 3. The zero-order valence-electron chi connectivity index (χ0n) is 12.1. The van der Waals surface area contributed by atoms with Gasteiger partial charge < -0.3 is 10.6 Å². The summed E-state index contributed by atoms with van der Waals surface area (Å²) in [6, 6.07) is 1.42. The molecule has 4 amide bonds. The van der Waals surface area contributed by atoms with Crippen molar-refractivity contribution >= 4 is 17.8 Å². The zero-order chi connectivity index (χ0) is 15.5. The molecular formula is C14H20N4O3. The van der Waals surface area contributed by atoms with Gasteiger partial charge in [0.15, 0.2) is 0 Å². The predicted octanol–water partition coefficient (Wildman–Crippen LogP) is 0.517. The minimum Gasteiger partial charge on any atom is -0.354 e. The van der Waals surface area contributed by atoms with Crippen LogP contribution in [0.4, 0.5) is 4.79 Å². The molecule has 2 atom stereocenters. The Morgan fingerprint density at radius 2 is 2.29 bits per heavy atom. The van der Waals surface area contributed by atoms with Gasteiger partial charge in [-0.05, 0) is 18.8 Å². The second kappa shape index (κ2) is 6.12. The molecule has 0 radical (unpaired) electrons. The van der Waals surface area contributed by atoms with Crippen molar-refractivity contribution in [1.82, 2.24) is 15.5 Å². The van der Waals surface area contributed by atoms with Crippen molar-refractivity contribution in [3.8, 4) is 6.07 Å². The molecule has 114 valence electrons. The van der Waals surface area contributed by atoms with Gasteiger partial charge >= 0.3 is 6.03 Å². The number of urea groups is 1. The molecule has 0 aromatic carbocycles. The molecule has 0 aromatic rings. The molecule has 2 N–H and O–H groups in total. The third-order valence-electron chi connectivity index (χ3n) is 4.36. The lowest BCUT2D eigenvalue weighted by Crippen LogP contribution is -2.54. The van der Waals surface area contributed by atoms with Crippen molar-refractivity contribution in [3.63, 3.8) is 0 Å². The van der Waals surface area contributed by atoms with Crippen LogP contribution in [0, 0.1) is 17.2 Å². The average Bonchev–Trinajstić information content (AvgIpc) is 2.68. The Balaban J connectivity index is 2.02. The first-order chi connectivity index (χ1) is 10.0. The number of nitrogens with one attached hydrogen (secondary N) is 2. The molecule has 1 saturated carbocycles. The highest BCUT2D eigenvalue weighted by atomic mass is 16.2. The van der Waals surface area contributed by atoms with E-state index < -0.39 is 17.5 Å². The molecule has 2 aliphatic rings. The predicted molar refractivity (Wildman–Crippen MR) is 73.8 cm³/mol. The Kier molecular flexibility index (Phi) is 4.46. The minimum absolute atomic E-state index is 0.0781. The molecular weight excluding hydrogens is 272 g/mol. The van der Waals surface area contributed by atoms with E-state index in [-0.39, 0.29) is 31.3 Å². The smallest absolute Gasteiger partial charge is 0.325 e. The summed E-state index contributed by atoms with van der Waals surface area (Å²) in [7, 11) is 0. The van der Waals surface area contributed by atoms with E-state index in [0.717, 1.165) is 24.2 Å². The number of nitriles is 1. The Labute approximate surface area is 123 Å². The van der Waals surface area contributed by atoms with Crippen molar-refractivity contribution in [2.45, 2.75) is 44.6 Å². The molecule has 1 spiro atoms. The summed E-state index contributed by atoms with van der Waals surface area (Å²) >= 11 is 0. The molecule has 0 aromatic heterocycles. The van der Waals surface area contributed by atoms with E-state index in [2.05, 4.69) is 10.6 Å². The number of rotatable bonds is 4. The summed E-state index contributed by atoms with van der Waals surface area (Å²) in [6.07, 6.45) is 3.69. The van der Waals surface area contributed by atoms with Gasteiger partial charge in [0.25, 0.3) is 5.91 Å². The number of amides is 4. The summed E-state index contributed by atoms with van der Waals surface area (Å²) in [5.74, 6) is -0.640. The topological polar surface area (TPSA) is 102 Å². The van der Waals surface area contributed by atoms with E-state index in [1.54, 1.807) is 0 Å². The van der Waals surface area contributed by atoms with Gasteiger partial charge in [-0.25, -0.2) is 4.79 Å². The Morgan fingerprint density at radius 1 is 1.52 bits per heavy atom. The van der Waals surface area contributed by atoms with Gasteiger partial charge in [0.2, 0.25) is 5.91 Å². The number of nitrogens with zero attached hydrogens (tertiary/aromatic N) is 2. The summed E-state index contributed by atoms with van der Waals surface area (Å²) < 4.78 is 0. The Hall–Kier alpha value is -2.10. The van der Waals surface area contributed by atoms with Gasteiger partial charge in [-0.1, -0.05) is 19.8 Å². The highest BCUT2D eigenvalue weighted by molar-refractivity contribution is 6.09. The summed E-state index contributed by atoms with van der Waals surface area (Å²) in [5.41, 5.74) is -0.831. The molecule has 21 heavy (non-hydrogen) atoms. The molecule has 1 heterocycles. The SMILES string of the molecule is C[C@H]1CCCC[C@]12NC(=O)N(CC(=O)NCCC#N)C2=O. The largest absolute Gasteiger partial charge is 0.354 e. The quantitative estimate of drug-likeness (QED) is 0.582. The maximum Gasteiger partial charge on any atom is 0.325 e. The van der Waals surface area contributed by atoms with Crippen LogP contribution in [0.2, 0.25) is 0 Å². The second-order valence-electron chi connectivity index (χ2n) is 5.70. The van der Waals surface area contributed by atoms with Crippen LogP contribution in [0.1, 0.15) is 39.0 Å². The molecule has 1 saturated heterocycles. The molecule has 2 fully saturated rings. The van der Waals surface area contributed by atoms with E-state index in [1.165, 1.54) is 0 Å². The monoisotopic (exact) mass is 292 g/mol. The fourth-order valence-electron chi connectivity index (χ4n) is 3.10. The fourth-order valence-corrected chi connectivity index (χ4v) is 3.10. The summed E-state index contributed by atoms with van der Waals surface area (Å²) in [4.78, 5) is 37.3. The first kappa shape index (κ1) is 15.3. The minimum atomic E-state index is -0.831. The van der Waals surface area contributed by atoms with E-state index in [0.29, 0.717) is 6.42 Å². The van der Waals surface area contributed by atoms with E-state index in [1.807, 2.05) is 13.0 Å². The van der Waals surface area contributed by atoms with Crippen molar-refractivity contribution in [2.75, 3.05) is 13.1 Å². The standard InChI is InChI=1S/C14H20N4O3/c1-10-5-2-3-6-14(10)12(20)18(13(21)17-14)9-11(19)16-8-4-7-15/h10H,2-6,8-9H2,1H3,(H,16,19)(H,17,21)/t10-,14-/m0/s1. The third kappa shape index (κ3) is 2.84. The van der Waals surface area contributed by atoms with Gasteiger partial charge in [0, 0.05) is 6.54 Å². The highest BCUT2D eigenvalue weighted by Gasteiger charge is 2.55. The molecule has 1 aliphatic heterocycles. The Bertz CT molecular complexity index is 499. The number of hydrogen-bond acceptors (Lipinski definition) is 4. The van der Waals surface area contributed by atoms with Crippen LogP contribution in [0.3, 0.4) is 0 Å². The number of imide groups is 1. The second-order valence-corrected chi connectivity index (χ2v) is 5.70. The molecule has 1 aliphatic carbocycles. The van der Waals surface area contributed by atoms with Crippen LogP contribution in [0.5, 0.6) is 0 Å². The zero-order valence-corrected chi connectivity index (χ0v) is 12.1.